The van der Waals surface area contributed by atoms with E-state index in [9.17, 15) is 9.18 Å². The number of aliphatic imine (C=N–C) groups is 1. The van der Waals surface area contributed by atoms with E-state index < -0.39 is 11.7 Å². The summed E-state index contributed by atoms with van der Waals surface area (Å²) in [5.74, 6) is -0.177. The third-order valence-electron chi connectivity index (χ3n) is 4.44. The van der Waals surface area contributed by atoms with Gasteiger partial charge in [-0.1, -0.05) is 18.2 Å². The minimum atomic E-state index is -0.543. The summed E-state index contributed by atoms with van der Waals surface area (Å²) in [6.07, 6.45) is 3.17. The second-order valence-electron chi connectivity index (χ2n) is 6.64. The molecule has 1 amide bonds. The highest BCUT2D eigenvalue weighted by molar-refractivity contribution is 6.03. The zero-order valence-electron chi connectivity index (χ0n) is 14.2. The van der Waals surface area contributed by atoms with Crippen LogP contribution in [0.3, 0.4) is 0 Å². The Kier molecular flexibility index (Phi) is 3.77. The Morgan fingerprint density at radius 1 is 1.36 bits per heavy atom. The van der Waals surface area contributed by atoms with Gasteiger partial charge in [-0.05, 0) is 25.7 Å². The maximum absolute atomic E-state index is 14.3. The number of benzene rings is 1. The Morgan fingerprint density at radius 3 is 3.00 bits per heavy atom. The maximum Gasteiger partial charge on any atom is 0.251 e. The normalized spacial score (nSPS) is 19.3. The summed E-state index contributed by atoms with van der Waals surface area (Å²) in [5, 5.41) is 2.79. The molecule has 0 spiro atoms. The molecule has 0 fully saturated rings. The van der Waals surface area contributed by atoms with E-state index in [2.05, 4.69) is 27.3 Å². The number of carbonyl (C=O) groups is 1. The summed E-state index contributed by atoms with van der Waals surface area (Å²) in [4.78, 5) is 20.4. The Labute approximate surface area is 145 Å². The lowest BCUT2D eigenvalue weighted by molar-refractivity contribution is -0.115. The maximum atomic E-state index is 14.3. The Bertz CT molecular complexity index is 879. The number of nitrogens with zero attached hydrogens (tertiary/aromatic N) is 3. The van der Waals surface area contributed by atoms with Crippen LogP contribution in [0.1, 0.15) is 17.5 Å². The quantitative estimate of drug-likeness (QED) is 0.920. The van der Waals surface area contributed by atoms with Crippen molar-refractivity contribution in [3.8, 4) is 0 Å². The first-order chi connectivity index (χ1) is 12.0. The summed E-state index contributed by atoms with van der Waals surface area (Å²) in [6, 6.07) is 8.21. The average Bonchev–Trinajstić information content (AvgIpc) is 2.91. The first-order valence-corrected chi connectivity index (χ1v) is 8.24. The first kappa shape index (κ1) is 15.8. The average molecular weight is 338 g/mol. The number of hydrogen-bond donors (Lipinski definition) is 1. The largest absolute Gasteiger partial charge is 0.324 e. The van der Waals surface area contributed by atoms with Crippen LogP contribution in [-0.2, 0) is 11.3 Å². The van der Waals surface area contributed by atoms with Gasteiger partial charge < -0.3 is 15.1 Å². The summed E-state index contributed by atoms with van der Waals surface area (Å²) in [7, 11) is 4.06. The minimum absolute atomic E-state index is 0.374. The van der Waals surface area contributed by atoms with Crippen LogP contribution in [0.15, 0.2) is 64.3 Å². The van der Waals surface area contributed by atoms with Crippen molar-refractivity contribution >= 4 is 11.7 Å². The molecule has 1 aromatic carbocycles. The van der Waals surface area contributed by atoms with Crippen LogP contribution >= 0.6 is 0 Å². The molecular weight excluding hydrogens is 319 g/mol. The number of nitrogens with one attached hydrogen (secondary N) is 1. The second kappa shape index (κ2) is 5.97. The Hall–Kier alpha value is -2.73. The predicted molar refractivity (Wildman–Crippen MR) is 94.1 cm³/mol. The molecule has 3 heterocycles. The minimum Gasteiger partial charge on any atom is -0.324 e. The lowest BCUT2D eigenvalue weighted by Crippen LogP contribution is -2.32. The van der Waals surface area contributed by atoms with Gasteiger partial charge in [0.25, 0.3) is 5.91 Å². The van der Waals surface area contributed by atoms with Crippen molar-refractivity contribution in [1.29, 1.82) is 0 Å². The molecule has 6 heteroatoms. The smallest absolute Gasteiger partial charge is 0.251 e. The van der Waals surface area contributed by atoms with E-state index in [4.69, 9.17) is 0 Å². The van der Waals surface area contributed by atoms with Crippen LogP contribution in [0, 0.1) is 0 Å². The first-order valence-electron chi connectivity index (χ1n) is 8.24. The van der Waals surface area contributed by atoms with E-state index in [0.717, 1.165) is 35.4 Å². The van der Waals surface area contributed by atoms with Crippen LogP contribution < -0.4 is 5.32 Å². The second-order valence-corrected chi connectivity index (χ2v) is 6.64. The molecular formula is C19H19FN4O. The third kappa shape index (κ3) is 2.78. The van der Waals surface area contributed by atoms with Gasteiger partial charge in [0.1, 0.15) is 11.7 Å². The molecule has 0 atom stereocenters. The van der Waals surface area contributed by atoms with E-state index in [0.29, 0.717) is 18.5 Å². The van der Waals surface area contributed by atoms with Gasteiger partial charge in [-0.15, -0.1) is 0 Å². The molecule has 3 aliphatic rings. The summed E-state index contributed by atoms with van der Waals surface area (Å²) in [5.41, 5.74) is 4.04. The van der Waals surface area contributed by atoms with Crippen molar-refractivity contribution in [2.75, 3.05) is 20.6 Å². The topological polar surface area (TPSA) is 47.9 Å². The highest BCUT2D eigenvalue weighted by atomic mass is 19.1. The van der Waals surface area contributed by atoms with Crippen molar-refractivity contribution in [2.24, 2.45) is 4.99 Å². The predicted octanol–water partition coefficient (Wildman–Crippen LogP) is 2.29. The van der Waals surface area contributed by atoms with Gasteiger partial charge >= 0.3 is 0 Å². The Morgan fingerprint density at radius 2 is 2.20 bits per heavy atom. The fourth-order valence-electron chi connectivity index (χ4n) is 3.47. The summed E-state index contributed by atoms with van der Waals surface area (Å²) >= 11 is 0. The van der Waals surface area contributed by atoms with Gasteiger partial charge in [0, 0.05) is 43.0 Å². The molecule has 1 aromatic rings. The highest BCUT2D eigenvalue weighted by Crippen LogP contribution is 2.37. The standard InChI is InChI=1S/C19H19FN4O/c1-23(2)11-12-4-3-5-13(8-12)19-21-10-14-15(20)9-17(25)22-16-6-7-24(19)18(14)16/h3-5,8-10H,6-7,11H2,1-2H3,(H,22,25). The van der Waals surface area contributed by atoms with Crippen LogP contribution in [0.5, 0.6) is 0 Å². The van der Waals surface area contributed by atoms with Gasteiger partial charge in [-0.3, -0.25) is 4.79 Å². The molecule has 0 unspecified atom stereocenters. The number of rotatable bonds is 3. The number of amides is 1. The molecule has 0 saturated carbocycles. The van der Waals surface area contributed by atoms with Crippen molar-refractivity contribution < 1.29 is 9.18 Å². The number of hydrogen-bond acceptors (Lipinski definition) is 4. The van der Waals surface area contributed by atoms with Crippen LogP contribution in [0.2, 0.25) is 0 Å². The monoisotopic (exact) mass is 338 g/mol. The SMILES string of the molecule is CN(C)Cc1cccc(C2=NC=C3C(F)=CC(=O)NC4=C3N2CC4)c1. The van der Waals surface area contributed by atoms with Crippen LogP contribution in [0.25, 0.3) is 0 Å². The van der Waals surface area contributed by atoms with E-state index >= 15 is 0 Å². The van der Waals surface area contributed by atoms with Crippen molar-refractivity contribution in [1.82, 2.24) is 15.1 Å². The molecule has 0 aromatic heterocycles. The molecule has 0 bridgehead atoms. The number of allylic oxidation sites excluding steroid dienone is 1. The van der Waals surface area contributed by atoms with Gasteiger partial charge in [-0.2, -0.15) is 0 Å². The number of amidine groups is 1. The fraction of sp³-hybridized carbons (Fsp3) is 0.263. The van der Waals surface area contributed by atoms with Gasteiger partial charge in [-0.25, -0.2) is 9.38 Å². The van der Waals surface area contributed by atoms with Gasteiger partial charge in [0.05, 0.1) is 11.3 Å². The Balaban J connectivity index is 1.77. The summed E-state index contributed by atoms with van der Waals surface area (Å²) in [6.45, 7) is 1.51. The lowest BCUT2D eigenvalue weighted by atomic mass is 10.1. The van der Waals surface area contributed by atoms with Crippen LogP contribution in [0.4, 0.5) is 4.39 Å². The third-order valence-corrected chi connectivity index (χ3v) is 4.44. The van der Waals surface area contributed by atoms with Gasteiger partial charge in [0.15, 0.2) is 0 Å². The molecule has 0 radical (unpaired) electrons. The number of carbonyl (C=O) groups excluding carboxylic acids is 1. The zero-order chi connectivity index (χ0) is 17.6. The molecule has 4 rings (SSSR count). The van der Waals surface area contributed by atoms with Crippen LogP contribution in [-0.4, -0.2) is 42.2 Å². The fourth-order valence-corrected chi connectivity index (χ4v) is 3.47. The lowest BCUT2D eigenvalue weighted by Gasteiger charge is -2.28. The van der Waals surface area contributed by atoms with Gasteiger partial charge in [0.2, 0.25) is 0 Å². The molecule has 25 heavy (non-hydrogen) atoms. The zero-order valence-corrected chi connectivity index (χ0v) is 14.2. The molecule has 128 valence electrons. The van der Waals surface area contributed by atoms with Crippen molar-refractivity contribution in [3.63, 3.8) is 0 Å². The molecule has 5 nitrogen and oxygen atoms in total. The molecule has 0 aliphatic carbocycles. The highest BCUT2D eigenvalue weighted by Gasteiger charge is 2.35. The molecule has 0 saturated heterocycles. The van der Waals surface area contributed by atoms with E-state index in [1.54, 1.807) is 0 Å². The molecule has 1 N–H and O–H groups in total. The summed E-state index contributed by atoms with van der Waals surface area (Å²) < 4.78 is 14.3. The number of halogens is 1. The van der Waals surface area contributed by atoms with E-state index in [-0.39, 0.29) is 0 Å². The van der Waals surface area contributed by atoms with E-state index in [1.807, 2.05) is 31.1 Å². The molecule has 3 aliphatic heterocycles. The van der Waals surface area contributed by atoms with Crippen molar-refractivity contribution in [3.05, 3.63) is 70.5 Å². The van der Waals surface area contributed by atoms with E-state index in [1.165, 1.54) is 11.8 Å². The van der Waals surface area contributed by atoms with Crippen molar-refractivity contribution in [2.45, 2.75) is 13.0 Å².